The van der Waals surface area contributed by atoms with Crippen molar-refractivity contribution < 1.29 is 9.53 Å². The molecule has 3 nitrogen and oxygen atoms in total. The number of Topliss-reactive ketones (excluding diaryl/α,β-unsaturated/α-hetero) is 1. The molecule has 24 heavy (non-hydrogen) atoms. The van der Waals surface area contributed by atoms with Gasteiger partial charge in [-0.3, -0.25) is 9.78 Å². The van der Waals surface area contributed by atoms with Gasteiger partial charge in [0.2, 0.25) is 0 Å². The molecule has 0 spiro atoms. The van der Waals surface area contributed by atoms with Crippen LogP contribution >= 0.6 is 0 Å². The monoisotopic (exact) mass is 323 g/mol. The lowest BCUT2D eigenvalue weighted by Gasteiger charge is -2.29. The van der Waals surface area contributed by atoms with Gasteiger partial charge in [0.15, 0.2) is 5.78 Å². The Morgan fingerprint density at radius 3 is 2.96 bits per heavy atom. The minimum atomic E-state index is 0.198. The van der Waals surface area contributed by atoms with Crippen LogP contribution in [0, 0.1) is 11.8 Å². The predicted molar refractivity (Wildman–Crippen MR) is 97.5 cm³/mol. The van der Waals surface area contributed by atoms with Crippen molar-refractivity contribution in [3.8, 4) is 5.75 Å². The number of rotatable bonds is 6. The second-order valence-corrected chi connectivity index (χ2v) is 6.65. The Balaban J connectivity index is 1.77. The SMILES string of the molecule is C=CC1CCCCC1CCC(=O)c1ccnc2ccc(OC)cc12. The van der Waals surface area contributed by atoms with E-state index in [1.165, 1.54) is 25.7 Å². The predicted octanol–water partition coefficient (Wildman–Crippen LogP) is 5.20. The number of aromatic nitrogens is 1. The highest BCUT2D eigenvalue weighted by molar-refractivity contribution is 6.07. The lowest BCUT2D eigenvalue weighted by Crippen LogP contribution is -2.18. The zero-order valence-corrected chi connectivity index (χ0v) is 14.3. The zero-order chi connectivity index (χ0) is 16.9. The van der Waals surface area contributed by atoms with E-state index in [-0.39, 0.29) is 5.78 Å². The van der Waals surface area contributed by atoms with Gasteiger partial charge in [0.05, 0.1) is 12.6 Å². The number of carbonyl (C=O) groups excluding carboxylic acids is 1. The molecule has 1 saturated carbocycles. The maximum atomic E-state index is 12.8. The number of ether oxygens (including phenoxy) is 1. The van der Waals surface area contributed by atoms with E-state index in [1.807, 2.05) is 24.3 Å². The third kappa shape index (κ3) is 3.50. The quantitative estimate of drug-likeness (QED) is 0.542. The van der Waals surface area contributed by atoms with Crippen LogP contribution in [0.5, 0.6) is 5.75 Å². The Morgan fingerprint density at radius 2 is 2.17 bits per heavy atom. The molecule has 2 aromatic rings. The van der Waals surface area contributed by atoms with Crippen LogP contribution in [0.3, 0.4) is 0 Å². The molecule has 3 heteroatoms. The Bertz CT molecular complexity index is 738. The van der Waals surface area contributed by atoms with E-state index in [4.69, 9.17) is 4.74 Å². The summed E-state index contributed by atoms with van der Waals surface area (Å²) in [5.41, 5.74) is 1.59. The van der Waals surface area contributed by atoms with Gasteiger partial charge >= 0.3 is 0 Å². The normalized spacial score (nSPS) is 20.7. The van der Waals surface area contributed by atoms with Crippen LogP contribution in [0.2, 0.25) is 0 Å². The molecule has 0 radical (unpaired) electrons. The van der Waals surface area contributed by atoms with E-state index in [9.17, 15) is 4.79 Å². The van der Waals surface area contributed by atoms with E-state index in [0.29, 0.717) is 18.3 Å². The van der Waals surface area contributed by atoms with Crippen molar-refractivity contribution in [3.05, 3.63) is 48.7 Å². The summed E-state index contributed by atoms with van der Waals surface area (Å²) < 4.78 is 5.29. The van der Waals surface area contributed by atoms with E-state index < -0.39 is 0 Å². The fraction of sp³-hybridized carbons (Fsp3) is 0.429. The first-order valence-electron chi connectivity index (χ1n) is 8.81. The molecule has 1 aromatic carbocycles. The van der Waals surface area contributed by atoms with Crippen molar-refractivity contribution in [2.24, 2.45) is 11.8 Å². The molecular formula is C21H25NO2. The minimum Gasteiger partial charge on any atom is -0.497 e. The number of allylic oxidation sites excluding steroid dienone is 1. The highest BCUT2D eigenvalue weighted by atomic mass is 16.5. The first kappa shape index (κ1) is 16.7. The second-order valence-electron chi connectivity index (χ2n) is 6.65. The largest absolute Gasteiger partial charge is 0.497 e. The molecule has 0 aliphatic heterocycles. The van der Waals surface area contributed by atoms with Gasteiger partial charge in [0.25, 0.3) is 0 Å². The molecule has 2 atom stereocenters. The van der Waals surface area contributed by atoms with Gasteiger partial charge in [0.1, 0.15) is 5.75 Å². The first-order valence-corrected chi connectivity index (χ1v) is 8.81. The van der Waals surface area contributed by atoms with Crippen LogP contribution in [-0.2, 0) is 0 Å². The van der Waals surface area contributed by atoms with Gasteiger partial charge in [-0.25, -0.2) is 0 Å². The molecule has 1 fully saturated rings. The van der Waals surface area contributed by atoms with Crippen molar-refractivity contribution in [3.63, 3.8) is 0 Å². The molecule has 126 valence electrons. The summed E-state index contributed by atoms with van der Waals surface area (Å²) in [5, 5.41) is 0.880. The molecule has 1 aromatic heterocycles. The molecule has 0 N–H and O–H groups in total. The van der Waals surface area contributed by atoms with Gasteiger partial charge in [-0.1, -0.05) is 18.9 Å². The Morgan fingerprint density at radius 1 is 1.33 bits per heavy atom. The summed E-state index contributed by atoms with van der Waals surface area (Å²) in [4.78, 5) is 17.2. The molecule has 3 rings (SSSR count). The molecule has 1 heterocycles. The topological polar surface area (TPSA) is 39.2 Å². The van der Waals surface area contributed by atoms with Crippen molar-refractivity contribution >= 4 is 16.7 Å². The third-order valence-corrected chi connectivity index (χ3v) is 5.26. The summed E-state index contributed by atoms with van der Waals surface area (Å²) in [6.07, 6.45) is 10.3. The van der Waals surface area contributed by atoms with Gasteiger partial charge < -0.3 is 4.74 Å². The van der Waals surface area contributed by atoms with Crippen LogP contribution in [-0.4, -0.2) is 17.9 Å². The zero-order valence-electron chi connectivity index (χ0n) is 14.3. The fourth-order valence-corrected chi connectivity index (χ4v) is 3.85. The van der Waals surface area contributed by atoms with Gasteiger partial charge in [-0.2, -0.15) is 0 Å². The van der Waals surface area contributed by atoms with Crippen molar-refractivity contribution in [2.45, 2.75) is 38.5 Å². The maximum Gasteiger partial charge on any atom is 0.163 e. The number of benzene rings is 1. The Kier molecular flexibility index (Phi) is 5.29. The summed E-state index contributed by atoms with van der Waals surface area (Å²) in [6.45, 7) is 3.97. The smallest absolute Gasteiger partial charge is 0.163 e. The highest BCUT2D eigenvalue weighted by Gasteiger charge is 2.23. The van der Waals surface area contributed by atoms with Crippen molar-refractivity contribution in [1.82, 2.24) is 4.98 Å². The number of hydrogen-bond donors (Lipinski definition) is 0. The number of hydrogen-bond acceptors (Lipinski definition) is 3. The molecule has 0 bridgehead atoms. The van der Waals surface area contributed by atoms with Crippen LogP contribution in [0.1, 0.15) is 48.9 Å². The lowest BCUT2D eigenvalue weighted by molar-refractivity contribution is 0.0967. The summed E-state index contributed by atoms with van der Waals surface area (Å²) >= 11 is 0. The summed E-state index contributed by atoms with van der Waals surface area (Å²) in [7, 11) is 1.64. The third-order valence-electron chi connectivity index (χ3n) is 5.26. The van der Waals surface area contributed by atoms with Crippen LogP contribution in [0.4, 0.5) is 0 Å². The number of carbonyl (C=O) groups is 1. The maximum absolute atomic E-state index is 12.8. The van der Waals surface area contributed by atoms with Crippen molar-refractivity contribution in [1.29, 1.82) is 0 Å². The average Bonchev–Trinajstić information content (AvgIpc) is 2.65. The van der Waals surface area contributed by atoms with Gasteiger partial charge in [-0.05, 0) is 55.4 Å². The minimum absolute atomic E-state index is 0.198. The molecular weight excluding hydrogens is 298 g/mol. The first-order chi connectivity index (χ1) is 11.7. The van der Waals surface area contributed by atoms with Gasteiger partial charge in [0, 0.05) is 23.6 Å². The second kappa shape index (κ2) is 7.61. The van der Waals surface area contributed by atoms with Crippen molar-refractivity contribution in [2.75, 3.05) is 7.11 Å². The molecule has 0 saturated heterocycles. The molecule has 2 unspecified atom stereocenters. The Labute approximate surface area is 143 Å². The van der Waals surface area contributed by atoms with E-state index in [2.05, 4.69) is 17.6 Å². The number of fused-ring (bicyclic) bond motifs is 1. The van der Waals surface area contributed by atoms with Crippen LogP contribution < -0.4 is 4.74 Å². The molecule has 0 amide bonds. The standard InChI is InChI=1S/C21H25NO2/c1-3-15-6-4-5-7-16(15)8-11-21(23)18-12-13-22-20-10-9-17(24-2)14-19(18)20/h3,9-10,12-16H,1,4-8,11H2,2H3. The number of nitrogens with zero attached hydrogens (tertiary/aromatic N) is 1. The summed E-state index contributed by atoms with van der Waals surface area (Å²) in [5.74, 6) is 2.12. The number of pyridine rings is 1. The Hall–Kier alpha value is -2.16. The van der Waals surface area contributed by atoms with E-state index >= 15 is 0 Å². The fourth-order valence-electron chi connectivity index (χ4n) is 3.85. The lowest BCUT2D eigenvalue weighted by atomic mass is 9.76. The van der Waals surface area contributed by atoms with Crippen LogP contribution in [0.15, 0.2) is 43.1 Å². The van der Waals surface area contributed by atoms with E-state index in [0.717, 1.165) is 28.6 Å². The molecule has 1 aliphatic rings. The summed E-state index contributed by atoms with van der Waals surface area (Å²) in [6, 6.07) is 7.51. The highest BCUT2D eigenvalue weighted by Crippen LogP contribution is 2.34. The van der Waals surface area contributed by atoms with Crippen LogP contribution in [0.25, 0.3) is 10.9 Å². The number of methoxy groups -OCH3 is 1. The van der Waals surface area contributed by atoms with Gasteiger partial charge in [-0.15, -0.1) is 6.58 Å². The van der Waals surface area contributed by atoms with E-state index in [1.54, 1.807) is 13.3 Å². The average molecular weight is 323 g/mol. The number of ketones is 1. The molecule has 1 aliphatic carbocycles.